The maximum absolute atomic E-state index is 13.3. The predicted octanol–water partition coefficient (Wildman–Crippen LogP) is 3.06. The largest absolute Gasteiger partial charge is 0.404 e. The lowest BCUT2D eigenvalue weighted by Crippen LogP contribution is -2.52. The smallest absolute Gasteiger partial charge is 0.349 e. The third-order valence-corrected chi connectivity index (χ3v) is 4.20. The molecule has 0 aliphatic carbocycles. The zero-order chi connectivity index (χ0) is 15.7. The molecular weight excluding hydrogens is 305 g/mol. The van der Waals surface area contributed by atoms with Crippen molar-refractivity contribution in [1.82, 2.24) is 10.6 Å². The van der Waals surface area contributed by atoms with Crippen LogP contribution < -0.4 is 10.6 Å². The van der Waals surface area contributed by atoms with Crippen molar-refractivity contribution in [2.45, 2.75) is 25.6 Å². The van der Waals surface area contributed by atoms with Gasteiger partial charge in [-0.1, -0.05) is 29.8 Å². The van der Waals surface area contributed by atoms with E-state index < -0.39 is 30.1 Å². The number of carbonyl (C=O) groups is 1. The fourth-order valence-electron chi connectivity index (χ4n) is 2.50. The number of nitrogens with one attached hydrogen (secondary N) is 2. The van der Waals surface area contributed by atoms with Crippen LogP contribution in [0.25, 0.3) is 0 Å². The van der Waals surface area contributed by atoms with Crippen LogP contribution in [0.15, 0.2) is 24.3 Å². The number of rotatable bonds is 3. The first-order chi connectivity index (χ1) is 9.78. The van der Waals surface area contributed by atoms with Gasteiger partial charge in [-0.05, 0) is 31.5 Å². The molecule has 0 radical (unpaired) electrons. The standard InChI is InChI=1S/C14H16ClF3N2O/c1-9(10-4-2-3-5-11(10)15)20-12(21)13(14(16,17)18)6-7-19-8-13/h2-5,9,19H,6-8H2,1H3,(H,20,21)/t9-,13?/m1/s1. The minimum atomic E-state index is -4.58. The molecule has 0 saturated carbocycles. The monoisotopic (exact) mass is 320 g/mol. The van der Waals surface area contributed by atoms with Crippen LogP contribution in [0.3, 0.4) is 0 Å². The Labute approximate surface area is 125 Å². The lowest BCUT2D eigenvalue weighted by molar-refractivity contribution is -0.216. The minimum absolute atomic E-state index is 0.174. The lowest BCUT2D eigenvalue weighted by Gasteiger charge is -2.31. The number of halogens is 4. The van der Waals surface area contributed by atoms with Gasteiger partial charge in [-0.2, -0.15) is 13.2 Å². The summed E-state index contributed by atoms with van der Waals surface area (Å²) in [5.41, 5.74) is -1.77. The van der Waals surface area contributed by atoms with Crippen molar-refractivity contribution in [1.29, 1.82) is 0 Å². The van der Waals surface area contributed by atoms with Gasteiger partial charge in [0.15, 0.2) is 5.41 Å². The van der Waals surface area contributed by atoms with E-state index in [0.717, 1.165) is 0 Å². The Morgan fingerprint density at radius 3 is 2.62 bits per heavy atom. The van der Waals surface area contributed by atoms with Gasteiger partial charge in [0.05, 0.1) is 6.04 Å². The van der Waals surface area contributed by atoms with E-state index in [0.29, 0.717) is 10.6 Å². The maximum atomic E-state index is 13.3. The molecular formula is C14H16ClF3N2O. The van der Waals surface area contributed by atoms with Crippen molar-refractivity contribution in [2.75, 3.05) is 13.1 Å². The number of benzene rings is 1. The summed E-state index contributed by atoms with van der Waals surface area (Å²) in [5, 5.41) is 5.47. The molecule has 1 fully saturated rings. The average molecular weight is 321 g/mol. The van der Waals surface area contributed by atoms with E-state index in [1.807, 2.05) is 0 Å². The lowest BCUT2D eigenvalue weighted by atomic mass is 9.84. The highest BCUT2D eigenvalue weighted by Gasteiger charge is 2.61. The van der Waals surface area contributed by atoms with Crippen molar-refractivity contribution in [2.24, 2.45) is 5.41 Å². The molecule has 1 heterocycles. The van der Waals surface area contributed by atoms with Gasteiger partial charge in [-0.15, -0.1) is 0 Å². The SMILES string of the molecule is C[C@@H](NC(=O)C1(C(F)(F)F)CCNC1)c1ccccc1Cl. The van der Waals surface area contributed by atoms with Gasteiger partial charge in [0.2, 0.25) is 5.91 Å². The summed E-state index contributed by atoms with van der Waals surface area (Å²) in [5.74, 6) is -1.01. The van der Waals surface area contributed by atoms with Gasteiger partial charge in [0.1, 0.15) is 0 Å². The predicted molar refractivity (Wildman–Crippen MR) is 74.0 cm³/mol. The molecule has 3 nitrogen and oxygen atoms in total. The second kappa shape index (κ2) is 5.85. The zero-order valence-electron chi connectivity index (χ0n) is 11.4. The molecule has 1 unspecified atom stereocenters. The molecule has 2 atom stereocenters. The summed E-state index contributed by atoms with van der Waals surface area (Å²) in [4.78, 5) is 12.2. The highest BCUT2D eigenvalue weighted by Crippen LogP contribution is 2.43. The van der Waals surface area contributed by atoms with Crippen LogP contribution in [0, 0.1) is 5.41 Å². The second-order valence-corrected chi connectivity index (χ2v) is 5.63. The molecule has 2 rings (SSSR count). The zero-order valence-corrected chi connectivity index (χ0v) is 12.2. The van der Waals surface area contributed by atoms with Gasteiger partial charge in [0.25, 0.3) is 0 Å². The summed E-state index contributed by atoms with van der Waals surface area (Å²) in [6, 6.07) is 6.17. The molecule has 0 spiro atoms. The van der Waals surface area contributed by atoms with E-state index in [2.05, 4.69) is 10.6 Å². The molecule has 1 aliphatic heterocycles. The Hall–Kier alpha value is -1.27. The Balaban J connectivity index is 2.19. The van der Waals surface area contributed by atoms with Crippen LogP contribution >= 0.6 is 11.6 Å². The van der Waals surface area contributed by atoms with Gasteiger partial charge >= 0.3 is 6.18 Å². The van der Waals surface area contributed by atoms with Crippen molar-refractivity contribution >= 4 is 17.5 Å². The number of hydrogen-bond donors (Lipinski definition) is 2. The molecule has 0 aromatic heterocycles. The van der Waals surface area contributed by atoms with Crippen LogP contribution in [0.1, 0.15) is 24.9 Å². The van der Waals surface area contributed by atoms with Crippen molar-refractivity contribution in [3.8, 4) is 0 Å². The average Bonchev–Trinajstić information content (AvgIpc) is 2.89. The Morgan fingerprint density at radius 1 is 1.43 bits per heavy atom. The summed E-state index contributed by atoms with van der Waals surface area (Å²) < 4.78 is 39.8. The number of amides is 1. The van der Waals surface area contributed by atoms with Crippen molar-refractivity contribution in [3.05, 3.63) is 34.9 Å². The van der Waals surface area contributed by atoms with Crippen LogP contribution in [-0.4, -0.2) is 25.2 Å². The molecule has 1 aromatic rings. The van der Waals surface area contributed by atoms with Gasteiger partial charge < -0.3 is 10.6 Å². The number of hydrogen-bond acceptors (Lipinski definition) is 2. The van der Waals surface area contributed by atoms with Crippen molar-refractivity contribution in [3.63, 3.8) is 0 Å². The summed E-state index contributed by atoms with van der Waals surface area (Å²) in [7, 11) is 0. The molecule has 21 heavy (non-hydrogen) atoms. The maximum Gasteiger partial charge on any atom is 0.404 e. The molecule has 1 aromatic carbocycles. The van der Waals surface area contributed by atoms with E-state index in [4.69, 9.17) is 11.6 Å². The fraction of sp³-hybridized carbons (Fsp3) is 0.500. The van der Waals surface area contributed by atoms with Crippen molar-refractivity contribution < 1.29 is 18.0 Å². The molecule has 1 amide bonds. The quantitative estimate of drug-likeness (QED) is 0.898. The first-order valence-electron chi connectivity index (χ1n) is 6.61. The first-order valence-corrected chi connectivity index (χ1v) is 6.98. The van der Waals surface area contributed by atoms with E-state index in [9.17, 15) is 18.0 Å². The van der Waals surface area contributed by atoms with Crippen LogP contribution in [-0.2, 0) is 4.79 Å². The number of alkyl halides is 3. The second-order valence-electron chi connectivity index (χ2n) is 5.22. The van der Waals surface area contributed by atoms with Crippen LogP contribution in [0.5, 0.6) is 0 Å². The topological polar surface area (TPSA) is 41.1 Å². The molecule has 1 saturated heterocycles. The summed E-state index contributed by atoms with van der Waals surface area (Å²) in [6.07, 6.45) is -4.83. The number of carbonyl (C=O) groups excluding carboxylic acids is 1. The van der Waals surface area contributed by atoms with Crippen LogP contribution in [0.4, 0.5) is 13.2 Å². The van der Waals surface area contributed by atoms with E-state index in [1.165, 1.54) is 0 Å². The normalized spacial score (nSPS) is 23.9. The van der Waals surface area contributed by atoms with Gasteiger partial charge in [-0.25, -0.2) is 0 Å². The summed E-state index contributed by atoms with van der Waals surface area (Å²) >= 11 is 6.00. The molecule has 116 valence electrons. The van der Waals surface area contributed by atoms with Gasteiger partial charge in [0, 0.05) is 11.6 Å². The Bertz CT molecular complexity index is 527. The first kappa shape index (κ1) is 16.1. The van der Waals surface area contributed by atoms with Crippen LogP contribution in [0.2, 0.25) is 5.02 Å². The Morgan fingerprint density at radius 2 is 2.10 bits per heavy atom. The molecule has 0 bridgehead atoms. The van der Waals surface area contributed by atoms with E-state index in [1.54, 1.807) is 31.2 Å². The molecule has 7 heteroatoms. The fourth-order valence-corrected chi connectivity index (χ4v) is 2.79. The van der Waals surface area contributed by atoms with Gasteiger partial charge in [-0.3, -0.25) is 4.79 Å². The summed E-state index contributed by atoms with van der Waals surface area (Å²) in [6.45, 7) is 1.40. The third-order valence-electron chi connectivity index (χ3n) is 3.85. The Kier molecular flexibility index (Phi) is 4.49. The highest BCUT2D eigenvalue weighted by molar-refractivity contribution is 6.31. The highest BCUT2D eigenvalue weighted by atomic mass is 35.5. The molecule has 2 N–H and O–H groups in total. The van der Waals surface area contributed by atoms with E-state index >= 15 is 0 Å². The third kappa shape index (κ3) is 3.01. The minimum Gasteiger partial charge on any atom is -0.349 e. The molecule has 1 aliphatic rings. The van der Waals surface area contributed by atoms with E-state index in [-0.39, 0.29) is 13.0 Å².